The number of hydrogen-bond acceptors (Lipinski definition) is 5. The molecule has 2 aromatic carbocycles. The van der Waals surface area contributed by atoms with Crippen LogP contribution < -0.4 is 15.4 Å². The van der Waals surface area contributed by atoms with Crippen LogP contribution >= 0.6 is 0 Å². The van der Waals surface area contributed by atoms with Crippen molar-refractivity contribution in [2.45, 2.75) is 32.2 Å². The van der Waals surface area contributed by atoms with Gasteiger partial charge in [-0.2, -0.15) is 5.10 Å². The number of benzene rings is 2. The lowest BCUT2D eigenvalue weighted by atomic mass is 9.85. The molecule has 3 aromatic rings. The monoisotopic (exact) mass is 428 g/mol. The summed E-state index contributed by atoms with van der Waals surface area (Å²) in [4.78, 5) is 26.1. The molecule has 0 fully saturated rings. The zero-order chi connectivity index (χ0) is 22.1. The molecule has 0 saturated heterocycles. The van der Waals surface area contributed by atoms with Gasteiger partial charge in [-0.1, -0.05) is 36.4 Å². The Kier molecular flexibility index (Phi) is 5.23. The number of carbonyl (C=O) groups is 2. The maximum atomic E-state index is 13.1. The van der Waals surface area contributed by atoms with Crippen LogP contribution in [0.5, 0.6) is 5.75 Å². The van der Waals surface area contributed by atoms with Gasteiger partial charge in [0.25, 0.3) is 5.91 Å². The molecule has 1 aliphatic carbocycles. The summed E-state index contributed by atoms with van der Waals surface area (Å²) in [7, 11) is 0. The zero-order valence-corrected chi connectivity index (χ0v) is 17.8. The van der Waals surface area contributed by atoms with Gasteiger partial charge in [0.05, 0.1) is 12.8 Å². The Hall–Kier alpha value is -3.87. The van der Waals surface area contributed by atoms with E-state index in [9.17, 15) is 9.59 Å². The molecular formula is C25H24N4O3. The normalized spacial score (nSPS) is 17.3. The molecule has 0 saturated carbocycles. The van der Waals surface area contributed by atoms with Gasteiger partial charge in [0.15, 0.2) is 5.78 Å². The SMILES string of the molecule is CCOc1ccccc1[C@@H]1C2=C(CCCC2=O)Nc2c(C(=O)Nc3ccccc3)cnn21. The third-order valence-electron chi connectivity index (χ3n) is 5.83. The van der Waals surface area contributed by atoms with Gasteiger partial charge in [-0.3, -0.25) is 9.59 Å². The number of amides is 1. The van der Waals surface area contributed by atoms with E-state index in [0.29, 0.717) is 41.4 Å². The summed E-state index contributed by atoms with van der Waals surface area (Å²) < 4.78 is 7.61. The molecule has 162 valence electrons. The van der Waals surface area contributed by atoms with Crippen molar-refractivity contribution in [3.8, 4) is 5.75 Å². The number of carbonyl (C=O) groups excluding carboxylic acids is 2. The van der Waals surface area contributed by atoms with Crippen molar-refractivity contribution in [3.63, 3.8) is 0 Å². The molecule has 0 radical (unpaired) electrons. The molecule has 32 heavy (non-hydrogen) atoms. The number of ether oxygens (including phenoxy) is 1. The number of nitrogens with zero attached hydrogens (tertiary/aromatic N) is 2. The van der Waals surface area contributed by atoms with Crippen LogP contribution in [0.3, 0.4) is 0 Å². The predicted molar refractivity (Wildman–Crippen MR) is 122 cm³/mol. The molecule has 2 N–H and O–H groups in total. The average molecular weight is 428 g/mol. The number of ketones is 1. The number of hydrogen-bond donors (Lipinski definition) is 2. The van der Waals surface area contributed by atoms with Gasteiger partial charge in [-0.25, -0.2) is 4.68 Å². The van der Waals surface area contributed by atoms with Crippen LogP contribution in [0, 0.1) is 0 Å². The number of rotatable bonds is 5. The lowest BCUT2D eigenvalue weighted by Gasteiger charge is -2.34. The van der Waals surface area contributed by atoms with E-state index in [1.165, 1.54) is 0 Å². The lowest BCUT2D eigenvalue weighted by Crippen LogP contribution is -2.32. The highest BCUT2D eigenvalue weighted by Gasteiger charge is 2.38. The number of fused-ring (bicyclic) bond motifs is 1. The number of para-hydroxylation sites is 2. The first kappa shape index (κ1) is 20.1. The number of nitrogens with one attached hydrogen (secondary N) is 2. The van der Waals surface area contributed by atoms with Gasteiger partial charge in [-0.15, -0.1) is 0 Å². The summed E-state index contributed by atoms with van der Waals surface area (Å²) in [5.74, 6) is 1.14. The van der Waals surface area contributed by atoms with Crippen molar-refractivity contribution in [1.29, 1.82) is 0 Å². The van der Waals surface area contributed by atoms with Crippen LogP contribution in [0.15, 0.2) is 72.1 Å². The van der Waals surface area contributed by atoms with Crippen molar-refractivity contribution in [1.82, 2.24) is 9.78 Å². The fourth-order valence-electron chi connectivity index (χ4n) is 4.43. The van der Waals surface area contributed by atoms with E-state index in [2.05, 4.69) is 15.7 Å². The first-order chi connectivity index (χ1) is 15.7. The van der Waals surface area contributed by atoms with E-state index < -0.39 is 6.04 Å². The smallest absolute Gasteiger partial charge is 0.261 e. The highest BCUT2D eigenvalue weighted by Crippen LogP contribution is 2.44. The molecule has 0 unspecified atom stereocenters. The third-order valence-corrected chi connectivity index (χ3v) is 5.83. The van der Waals surface area contributed by atoms with Crippen LogP contribution in [-0.4, -0.2) is 28.1 Å². The molecule has 0 spiro atoms. The minimum atomic E-state index is -0.449. The van der Waals surface area contributed by atoms with Crippen molar-refractivity contribution >= 4 is 23.2 Å². The molecule has 2 heterocycles. The summed E-state index contributed by atoms with van der Waals surface area (Å²) in [6, 6.07) is 16.6. The molecule has 2 aliphatic rings. The van der Waals surface area contributed by atoms with Crippen LogP contribution in [0.1, 0.15) is 48.1 Å². The number of allylic oxidation sites excluding steroid dienone is 2. The van der Waals surface area contributed by atoms with Crippen LogP contribution in [0.25, 0.3) is 0 Å². The van der Waals surface area contributed by atoms with E-state index in [1.54, 1.807) is 10.9 Å². The molecule has 5 rings (SSSR count). The summed E-state index contributed by atoms with van der Waals surface area (Å²) in [5.41, 5.74) is 3.56. The second kappa shape index (κ2) is 8.34. The molecule has 1 aromatic heterocycles. The molecule has 7 nitrogen and oxygen atoms in total. The zero-order valence-electron chi connectivity index (χ0n) is 17.8. The highest BCUT2D eigenvalue weighted by atomic mass is 16.5. The van der Waals surface area contributed by atoms with Crippen molar-refractivity contribution < 1.29 is 14.3 Å². The maximum absolute atomic E-state index is 13.1. The van der Waals surface area contributed by atoms with Crippen LogP contribution in [-0.2, 0) is 4.79 Å². The van der Waals surface area contributed by atoms with Gasteiger partial charge in [-0.05, 0) is 38.0 Å². The number of anilines is 2. The molecule has 1 atom stereocenters. The lowest BCUT2D eigenvalue weighted by molar-refractivity contribution is -0.116. The number of Topliss-reactive ketones (excluding diaryl/α,β-unsaturated/α-hetero) is 1. The largest absolute Gasteiger partial charge is 0.494 e. The molecule has 7 heteroatoms. The van der Waals surface area contributed by atoms with Crippen LogP contribution in [0.2, 0.25) is 0 Å². The third kappa shape index (κ3) is 3.45. The van der Waals surface area contributed by atoms with E-state index >= 15 is 0 Å². The Morgan fingerprint density at radius 1 is 1.16 bits per heavy atom. The summed E-state index contributed by atoms with van der Waals surface area (Å²) >= 11 is 0. The minimum absolute atomic E-state index is 0.103. The Morgan fingerprint density at radius 2 is 1.94 bits per heavy atom. The van der Waals surface area contributed by atoms with E-state index in [4.69, 9.17) is 4.74 Å². The van der Waals surface area contributed by atoms with Crippen molar-refractivity contribution in [2.75, 3.05) is 17.2 Å². The summed E-state index contributed by atoms with van der Waals surface area (Å²) in [6.07, 6.45) is 3.59. The van der Waals surface area contributed by atoms with Gasteiger partial charge in [0, 0.05) is 28.9 Å². The van der Waals surface area contributed by atoms with Gasteiger partial charge < -0.3 is 15.4 Å². The highest BCUT2D eigenvalue weighted by molar-refractivity contribution is 6.08. The topological polar surface area (TPSA) is 85.2 Å². The average Bonchev–Trinajstić information content (AvgIpc) is 3.23. The van der Waals surface area contributed by atoms with E-state index in [1.807, 2.05) is 61.5 Å². The van der Waals surface area contributed by atoms with E-state index in [0.717, 1.165) is 24.1 Å². The van der Waals surface area contributed by atoms with Crippen LogP contribution in [0.4, 0.5) is 11.5 Å². The predicted octanol–water partition coefficient (Wildman–Crippen LogP) is 4.56. The first-order valence-corrected chi connectivity index (χ1v) is 10.9. The standard InChI is InChI=1S/C25H24N4O3/c1-2-32-21-14-7-6-11-17(21)23-22-19(12-8-13-20(22)30)28-24-18(15-26-29(23)24)25(31)27-16-9-4-3-5-10-16/h3-7,9-11,14-15,23,28H,2,8,12-13H2,1H3,(H,27,31)/t23-/m1/s1. The van der Waals surface area contributed by atoms with Crippen molar-refractivity contribution in [3.05, 3.63) is 83.2 Å². The minimum Gasteiger partial charge on any atom is -0.494 e. The Balaban J connectivity index is 1.61. The fourth-order valence-corrected chi connectivity index (χ4v) is 4.43. The quantitative estimate of drug-likeness (QED) is 0.622. The summed E-state index contributed by atoms with van der Waals surface area (Å²) in [5, 5.41) is 10.8. The molecule has 0 bridgehead atoms. The molecular weight excluding hydrogens is 404 g/mol. The Bertz CT molecular complexity index is 1210. The van der Waals surface area contributed by atoms with Crippen molar-refractivity contribution in [2.24, 2.45) is 0 Å². The second-order valence-corrected chi connectivity index (χ2v) is 7.84. The number of aromatic nitrogens is 2. The maximum Gasteiger partial charge on any atom is 0.261 e. The second-order valence-electron chi connectivity index (χ2n) is 7.84. The Labute approximate surface area is 186 Å². The van der Waals surface area contributed by atoms with Gasteiger partial charge in [0.1, 0.15) is 23.2 Å². The van der Waals surface area contributed by atoms with Gasteiger partial charge >= 0.3 is 0 Å². The molecule has 1 aliphatic heterocycles. The fraction of sp³-hybridized carbons (Fsp3) is 0.240. The first-order valence-electron chi connectivity index (χ1n) is 10.9. The van der Waals surface area contributed by atoms with E-state index in [-0.39, 0.29) is 11.7 Å². The Morgan fingerprint density at radius 3 is 2.75 bits per heavy atom. The van der Waals surface area contributed by atoms with Gasteiger partial charge in [0.2, 0.25) is 0 Å². The summed E-state index contributed by atoms with van der Waals surface area (Å²) in [6.45, 7) is 2.44. The molecule has 1 amide bonds.